The Bertz CT molecular complexity index is 1060. The third kappa shape index (κ3) is 5.98. The maximum absolute atomic E-state index is 11.3. The van der Waals surface area contributed by atoms with Gasteiger partial charge in [-0.15, -0.1) is 11.3 Å². The number of amides is 1. The lowest BCUT2D eigenvalue weighted by Gasteiger charge is -2.13. The average molecular weight is 457 g/mol. The van der Waals surface area contributed by atoms with Gasteiger partial charge in [0.1, 0.15) is 5.75 Å². The molecular formula is C23H21ClN2O2S2. The molecule has 0 fully saturated rings. The van der Waals surface area contributed by atoms with Crippen LogP contribution in [0.4, 0.5) is 5.69 Å². The molecule has 0 unspecified atom stereocenters. The highest BCUT2D eigenvalue weighted by molar-refractivity contribution is 8.17. The lowest BCUT2D eigenvalue weighted by molar-refractivity contribution is -0.113. The number of hydrogen-bond donors (Lipinski definition) is 0. The maximum Gasteiger partial charge on any atom is 0.215 e. The number of halogens is 1. The first-order valence-electron chi connectivity index (χ1n) is 9.10. The number of nitrogens with zero attached hydrogens (tertiary/aromatic N) is 2. The molecule has 0 N–H and O–H groups in total. The number of hydrogen-bond acceptors (Lipinski definition) is 5. The first-order chi connectivity index (χ1) is 14.5. The van der Waals surface area contributed by atoms with Crippen molar-refractivity contribution in [2.45, 2.75) is 6.92 Å². The largest absolute Gasteiger partial charge is 0.497 e. The van der Waals surface area contributed by atoms with Crippen molar-refractivity contribution in [3.8, 4) is 16.9 Å². The molecule has 1 heterocycles. The van der Waals surface area contributed by atoms with Gasteiger partial charge in [-0.05, 0) is 76.9 Å². The third-order valence-electron chi connectivity index (χ3n) is 4.15. The molecule has 4 nitrogen and oxygen atoms in total. The topological polar surface area (TPSA) is 41.9 Å². The summed E-state index contributed by atoms with van der Waals surface area (Å²) < 4.78 is 5.22. The Balaban J connectivity index is 1.78. The van der Waals surface area contributed by atoms with Crippen LogP contribution < -0.4 is 4.74 Å². The Morgan fingerprint density at radius 3 is 2.47 bits per heavy atom. The Hall–Kier alpha value is -2.54. The molecule has 0 aliphatic carbocycles. The molecule has 3 rings (SSSR count). The monoisotopic (exact) mass is 456 g/mol. The lowest BCUT2D eigenvalue weighted by atomic mass is 10.1. The van der Waals surface area contributed by atoms with Crippen LogP contribution in [0.15, 0.2) is 69.9 Å². The van der Waals surface area contributed by atoms with Gasteiger partial charge in [0.05, 0.1) is 12.8 Å². The molecule has 1 aromatic heterocycles. The number of amidine groups is 1. The summed E-state index contributed by atoms with van der Waals surface area (Å²) in [5.41, 5.74) is 3.04. The Morgan fingerprint density at radius 2 is 1.83 bits per heavy atom. The number of methoxy groups -OCH3 is 1. The third-order valence-corrected chi connectivity index (χ3v) is 6.29. The molecule has 154 valence electrons. The Labute approximate surface area is 189 Å². The zero-order valence-electron chi connectivity index (χ0n) is 16.8. The van der Waals surface area contributed by atoms with E-state index >= 15 is 0 Å². The van der Waals surface area contributed by atoms with Crippen LogP contribution in [0.2, 0.25) is 5.02 Å². The molecular weight excluding hydrogens is 436 g/mol. The molecule has 0 aliphatic heterocycles. The molecule has 3 aromatic rings. The van der Waals surface area contributed by atoms with Gasteiger partial charge in [-0.3, -0.25) is 9.69 Å². The molecule has 0 aliphatic rings. The highest BCUT2D eigenvalue weighted by Gasteiger charge is 2.09. The molecule has 0 saturated heterocycles. The summed E-state index contributed by atoms with van der Waals surface area (Å²) in [6.45, 7) is 2.01. The molecule has 0 saturated carbocycles. The van der Waals surface area contributed by atoms with Gasteiger partial charge in [0.25, 0.3) is 0 Å². The molecule has 30 heavy (non-hydrogen) atoms. The summed E-state index contributed by atoms with van der Waals surface area (Å²) in [7, 11) is 3.35. The minimum absolute atomic E-state index is 0.591. The van der Waals surface area contributed by atoms with Crippen molar-refractivity contribution in [2.75, 3.05) is 14.2 Å². The fourth-order valence-electron chi connectivity index (χ4n) is 2.58. The van der Waals surface area contributed by atoms with E-state index < -0.39 is 0 Å². The van der Waals surface area contributed by atoms with E-state index in [0.717, 1.165) is 38.8 Å². The number of carbonyl (C=O) groups is 1. The Morgan fingerprint density at radius 1 is 1.13 bits per heavy atom. The second kappa shape index (κ2) is 10.5. The number of benzene rings is 2. The highest BCUT2D eigenvalue weighted by atomic mass is 35.5. The minimum atomic E-state index is 0.591. The molecule has 0 spiro atoms. The summed E-state index contributed by atoms with van der Waals surface area (Å²) in [6, 6.07) is 17.4. The van der Waals surface area contributed by atoms with Gasteiger partial charge in [-0.25, -0.2) is 4.99 Å². The number of rotatable bonds is 6. The number of thioether (sulfide) groups is 1. The summed E-state index contributed by atoms with van der Waals surface area (Å²) in [6.07, 6.45) is 2.85. The van der Waals surface area contributed by atoms with Crippen LogP contribution in [-0.4, -0.2) is 30.6 Å². The van der Waals surface area contributed by atoms with E-state index in [1.54, 1.807) is 37.6 Å². The second-order valence-corrected chi connectivity index (χ2v) is 9.00. The van der Waals surface area contributed by atoms with E-state index in [0.29, 0.717) is 10.2 Å². The van der Waals surface area contributed by atoms with E-state index in [9.17, 15) is 4.79 Å². The zero-order valence-corrected chi connectivity index (χ0v) is 19.2. The van der Waals surface area contributed by atoms with Crippen molar-refractivity contribution in [3.63, 3.8) is 0 Å². The van der Waals surface area contributed by atoms with Gasteiger partial charge in [0.2, 0.25) is 6.41 Å². The second-order valence-electron chi connectivity index (χ2n) is 6.41. The Kier molecular flexibility index (Phi) is 7.74. The van der Waals surface area contributed by atoms with Gasteiger partial charge in [-0.1, -0.05) is 35.5 Å². The number of allylic oxidation sites excluding steroid dienone is 1. The minimum Gasteiger partial charge on any atom is -0.497 e. The number of thiophene rings is 1. The average Bonchev–Trinajstić information content (AvgIpc) is 3.22. The molecule has 2 aromatic carbocycles. The lowest BCUT2D eigenvalue weighted by Crippen LogP contribution is -2.21. The molecule has 0 bridgehead atoms. The first kappa shape index (κ1) is 22.2. The predicted molar refractivity (Wildman–Crippen MR) is 130 cm³/mol. The zero-order chi connectivity index (χ0) is 21.5. The van der Waals surface area contributed by atoms with Crippen molar-refractivity contribution in [1.29, 1.82) is 0 Å². The van der Waals surface area contributed by atoms with Crippen molar-refractivity contribution in [2.24, 2.45) is 4.99 Å². The summed E-state index contributed by atoms with van der Waals surface area (Å²) in [5.74, 6) is 0.841. The van der Waals surface area contributed by atoms with E-state index in [-0.39, 0.29) is 0 Å². The SMILES string of the molecule is COc1ccc(-c2csc(/C=C(/C)SC(=Nc3ccc(Cl)cc3)N(C)C=O)c2)cc1. The van der Waals surface area contributed by atoms with E-state index in [1.807, 2.05) is 43.3 Å². The smallest absolute Gasteiger partial charge is 0.215 e. The fourth-order valence-corrected chi connectivity index (χ4v) is 4.50. The van der Waals surface area contributed by atoms with Crippen LogP contribution in [0.1, 0.15) is 11.8 Å². The summed E-state index contributed by atoms with van der Waals surface area (Å²) >= 11 is 9.05. The van der Waals surface area contributed by atoms with Crippen molar-refractivity contribution >= 4 is 58.0 Å². The van der Waals surface area contributed by atoms with Crippen LogP contribution in [0.25, 0.3) is 17.2 Å². The quantitative estimate of drug-likeness (QED) is 0.229. The van der Waals surface area contributed by atoms with Crippen LogP contribution >= 0.6 is 34.7 Å². The van der Waals surface area contributed by atoms with Gasteiger partial charge in [0, 0.05) is 16.9 Å². The van der Waals surface area contributed by atoms with Gasteiger partial charge < -0.3 is 4.74 Å². The predicted octanol–water partition coefficient (Wildman–Crippen LogP) is 6.95. The van der Waals surface area contributed by atoms with E-state index in [1.165, 1.54) is 16.7 Å². The molecule has 0 radical (unpaired) electrons. The number of carbonyl (C=O) groups excluding carboxylic acids is 1. The van der Waals surface area contributed by atoms with Crippen LogP contribution in [0, 0.1) is 0 Å². The number of aliphatic imine (C=N–C) groups is 1. The molecule has 7 heteroatoms. The highest BCUT2D eigenvalue weighted by Crippen LogP contribution is 2.31. The standard InChI is InChI=1S/C23H21ClN2O2S2/c1-16(30-23(26(2)15-27)25-20-8-6-19(24)7-9-20)12-22-13-18(14-29-22)17-4-10-21(28-3)11-5-17/h4-15H,1-3H3/b16-12-,25-23?. The van der Waals surface area contributed by atoms with E-state index in [4.69, 9.17) is 16.3 Å². The summed E-state index contributed by atoms with van der Waals surface area (Å²) in [4.78, 5) is 19.5. The van der Waals surface area contributed by atoms with Gasteiger partial charge in [-0.2, -0.15) is 0 Å². The normalized spacial score (nSPS) is 12.0. The molecule has 1 amide bonds. The van der Waals surface area contributed by atoms with Crippen molar-refractivity contribution in [1.82, 2.24) is 4.90 Å². The maximum atomic E-state index is 11.3. The molecule has 0 atom stereocenters. The van der Waals surface area contributed by atoms with E-state index in [2.05, 4.69) is 22.5 Å². The van der Waals surface area contributed by atoms with Crippen LogP contribution in [0.3, 0.4) is 0 Å². The van der Waals surface area contributed by atoms with Gasteiger partial charge >= 0.3 is 0 Å². The fraction of sp³-hybridized carbons (Fsp3) is 0.130. The summed E-state index contributed by atoms with van der Waals surface area (Å²) in [5, 5.41) is 3.37. The van der Waals surface area contributed by atoms with Crippen LogP contribution in [0.5, 0.6) is 5.75 Å². The van der Waals surface area contributed by atoms with Gasteiger partial charge in [0.15, 0.2) is 5.17 Å². The van der Waals surface area contributed by atoms with Crippen molar-refractivity contribution in [3.05, 3.63) is 74.8 Å². The van der Waals surface area contributed by atoms with Crippen molar-refractivity contribution < 1.29 is 9.53 Å². The van der Waals surface area contributed by atoms with Crippen LogP contribution in [-0.2, 0) is 4.79 Å². The first-order valence-corrected chi connectivity index (χ1v) is 11.2. The number of ether oxygens (including phenoxy) is 1.